The summed E-state index contributed by atoms with van der Waals surface area (Å²) in [6.45, 7) is 1.69. The number of aliphatic hydroxyl groups is 1. The zero-order valence-electron chi connectivity index (χ0n) is 18.3. The molecule has 0 radical (unpaired) electrons. The Morgan fingerprint density at radius 1 is 1.06 bits per heavy atom. The van der Waals surface area contributed by atoms with E-state index in [0.29, 0.717) is 16.9 Å². The van der Waals surface area contributed by atoms with Crippen molar-refractivity contribution in [3.8, 4) is 16.9 Å². The molecule has 2 aromatic rings. The number of rotatable bonds is 9. The number of hydrogen-bond acceptors (Lipinski definition) is 5. The monoisotopic (exact) mass is 462 g/mol. The number of hydrogen-bond donors (Lipinski definition) is 3. The third-order valence-electron chi connectivity index (χ3n) is 6.45. The van der Waals surface area contributed by atoms with E-state index in [1.165, 1.54) is 0 Å². The molecule has 2 aromatic carbocycles. The van der Waals surface area contributed by atoms with Crippen LogP contribution in [-0.2, 0) is 0 Å². The number of nitrogens with one attached hydrogen (secondary N) is 2. The van der Waals surface area contributed by atoms with E-state index >= 15 is 0 Å². The Balaban J connectivity index is 1.37. The first-order valence-electron chi connectivity index (χ1n) is 11.4. The van der Waals surface area contributed by atoms with Crippen molar-refractivity contribution in [2.45, 2.75) is 44.0 Å². The summed E-state index contributed by atoms with van der Waals surface area (Å²) in [5, 5.41) is 16.9. The number of carbonyl (C=O) groups excluding carboxylic acids is 1. The second kappa shape index (κ2) is 10.2. The number of halogens is 3. The van der Waals surface area contributed by atoms with E-state index in [2.05, 4.69) is 10.6 Å². The predicted molar refractivity (Wildman–Crippen MR) is 119 cm³/mol. The van der Waals surface area contributed by atoms with Crippen molar-refractivity contribution in [1.29, 1.82) is 0 Å². The number of benzene rings is 2. The standard InChI is InChI=1S/C25H29F3N2O3/c26-25(27,28)11-8-21(16-9-12-29-13-10-16)30-14-17(31)15-33-22-7-3-6-20-23(22)18-4-1-2-5-19(18)24(20)32/h1-7,16-17,21,29-31H,8-15H2. The van der Waals surface area contributed by atoms with Gasteiger partial charge in [0.2, 0.25) is 0 Å². The molecular weight excluding hydrogens is 433 g/mol. The number of ether oxygens (including phenoxy) is 1. The smallest absolute Gasteiger partial charge is 0.389 e. The van der Waals surface area contributed by atoms with Crippen LogP contribution in [0.25, 0.3) is 11.1 Å². The molecule has 1 saturated heterocycles. The molecule has 8 heteroatoms. The Kier molecular flexibility index (Phi) is 7.36. The summed E-state index contributed by atoms with van der Waals surface area (Å²) in [5.41, 5.74) is 2.72. The molecule has 0 amide bonds. The molecule has 2 atom stereocenters. The van der Waals surface area contributed by atoms with Crippen LogP contribution in [0.4, 0.5) is 13.2 Å². The fourth-order valence-corrected chi connectivity index (χ4v) is 4.77. The van der Waals surface area contributed by atoms with Gasteiger partial charge in [0.1, 0.15) is 18.5 Å². The van der Waals surface area contributed by atoms with Gasteiger partial charge in [-0.2, -0.15) is 13.2 Å². The Morgan fingerprint density at radius 2 is 1.76 bits per heavy atom. The maximum Gasteiger partial charge on any atom is 0.389 e. The molecule has 0 aromatic heterocycles. The SMILES string of the molecule is O=C1c2ccccc2-c2c(OCC(O)CNC(CCC(F)(F)F)C3CCNCC3)cccc21. The van der Waals surface area contributed by atoms with Crippen molar-refractivity contribution in [1.82, 2.24) is 10.6 Å². The van der Waals surface area contributed by atoms with Crippen LogP contribution in [0.2, 0.25) is 0 Å². The van der Waals surface area contributed by atoms with E-state index in [1.807, 2.05) is 18.2 Å². The lowest BCUT2D eigenvalue weighted by Crippen LogP contribution is -2.45. The molecule has 1 aliphatic carbocycles. The molecule has 0 spiro atoms. The van der Waals surface area contributed by atoms with Crippen LogP contribution in [0.1, 0.15) is 41.6 Å². The van der Waals surface area contributed by atoms with E-state index in [9.17, 15) is 23.1 Å². The molecule has 4 rings (SSSR count). The van der Waals surface area contributed by atoms with E-state index in [-0.39, 0.29) is 37.3 Å². The van der Waals surface area contributed by atoms with Crippen molar-refractivity contribution < 1.29 is 27.8 Å². The molecule has 2 aliphatic rings. The first-order chi connectivity index (χ1) is 15.8. The highest BCUT2D eigenvalue weighted by Gasteiger charge is 2.32. The average molecular weight is 463 g/mol. The third-order valence-corrected chi connectivity index (χ3v) is 6.45. The van der Waals surface area contributed by atoms with Crippen molar-refractivity contribution >= 4 is 5.78 Å². The second-order valence-electron chi connectivity index (χ2n) is 8.77. The average Bonchev–Trinajstić information content (AvgIpc) is 3.10. The van der Waals surface area contributed by atoms with Gasteiger partial charge in [0, 0.05) is 35.7 Å². The number of carbonyl (C=O) groups is 1. The summed E-state index contributed by atoms with van der Waals surface area (Å²) < 4.78 is 44.3. The number of fused-ring (bicyclic) bond motifs is 3. The van der Waals surface area contributed by atoms with Gasteiger partial charge >= 0.3 is 6.18 Å². The highest BCUT2D eigenvalue weighted by Crippen LogP contribution is 2.42. The summed E-state index contributed by atoms with van der Waals surface area (Å²) >= 11 is 0. The van der Waals surface area contributed by atoms with Crippen molar-refractivity contribution in [3.63, 3.8) is 0 Å². The first kappa shape index (κ1) is 23.7. The zero-order chi connectivity index (χ0) is 23.4. The minimum Gasteiger partial charge on any atom is -0.490 e. The van der Waals surface area contributed by atoms with Gasteiger partial charge in [-0.15, -0.1) is 0 Å². The minimum absolute atomic E-state index is 0.00711. The molecule has 0 bridgehead atoms. The summed E-state index contributed by atoms with van der Waals surface area (Å²) in [4.78, 5) is 12.6. The molecule has 1 fully saturated rings. The Bertz CT molecular complexity index is 974. The van der Waals surface area contributed by atoms with Crippen molar-refractivity contribution in [3.05, 3.63) is 53.6 Å². The molecule has 1 heterocycles. The van der Waals surface area contributed by atoms with Gasteiger partial charge in [-0.25, -0.2) is 0 Å². The third kappa shape index (κ3) is 5.75. The van der Waals surface area contributed by atoms with Crippen LogP contribution in [0.5, 0.6) is 5.75 Å². The summed E-state index contributed by atoms with van der Waals surface area (Å²) in [6.07, 6.45) is -4.33. The number of ketones is 1. The predicted octanol–water partition coefficient (Wildman–Crippen LogP) is 3.94. The van der Waals surface area contributed by atoms with Crippen LogP contribution < -0.4 is 15.4 Å². The highest BCUT2D eigenvalue weighted by molar-refractivity contribution is 6.22. The van der Waals surface area contributed by atoms with E-state index < -0.39 is 18.7 Å². The van der Waals surface area contributed by atoms with E-state index in [0.717, 1.165) is 37.1 Å². The Labute approximate surface area is 191 Å². The quantitative estimate of drug-likeness (QED) is 0.450. The van der Waals surface area contributed by atoms with Crippen molar-refractivity contribution in [2.24, 2.45) is 5.92 Å². The van der Waals surface area contributed by atoms with Gasteiger partial charge in [0.15, 0.2) is 5.78 Å². The van der Waals surface area contributed by atoms with Gasteiger partial charge in [0.25, 0.3) is 0 Å². The summed E-state index contributed by atoms with van der Waals surface area (Å²) in [7, 11) is 0. The molecule has 0 saturated carbocycles. The van der Waals surface area contributed by atoms with Gasteiger partial charge in [0.05, 0.1) is 0 Å². The lowest BCUT2D eigenvalue weighted by Gasteiger charge is -2.32. The normalized spacial score (nSPS) is 18.0. The Hall–Kier alpha value is -2.42. The van der Waals surface area contributed by atoms with Crippen LogP contribution in [0, 0.1) is 5.92 Å². The van der Waals surface area contributed by atoms with Crippen LogP contribution in [0.3, 0.4) is 0 Å². The molecule has 3 N–H and O–H groups in total. The van der Waals surface area contributed by atoms with E-state index in [1.54, 1.807) is 24.3 Å². The van der Waals surface area contributed by atoms with E-state index in [4.69, 9.17) is 4.74 Å². The number of alkyl halides is 3. The van der Waals surface area contributed by atoms with Crippen LogP contribution >= 0.6 is 0 Å². The maximum atomic E-state index is 12.8. The fraction of sp³-hybridized carbons (Fsp3) is 0.480. The second-order valence-corrected chi connectivity index (χ2v) is 8.77. The largest absolute Gasteiger partial charge is 0.490 e. The molecular formula is C25H29F3N2O3. The van der Waals surface area contributed by atoms with Crippen molar-refractivity contribution in [2.75, 3.05) is 26.2 Å². The topological polar surface area (TPSA) is 70.6 Å². The zero-order valence-corrected chi connectivity index (χ0v) is 18.3. The van der Waals surface area contributed by atoms with Gasteiger partial charge in [-0.3, -0.25) is 4.79 Å². The summed E-state index contributed by atoms with van der Waals surface area (Å²) in [5.74, 6) is 0.598. The molecule has 178 valence electrons. The summed E-state index contributed by atoms with van der Waals surface area (Å²) in [6, 6.07) is 12.3. The molecule has 5 nitrogen and oxygen atoms in total. The number of aliphatic hydroxyl groups excluding tert-OH is 1. The van der Waals surface area contributed by atoms with Gasteiger partial charge in [-0.05, 0) is 49.9 Å². The minimum atomic E-state index is -4.20. The van der Waals surface area contributed by atoms with Gasteiger partial charge < -0.3 is 20.5 Å². The van der Waals surface area contributed by atoms with Crippen LogP contribution in [-0.4, -0.2) is 55.5 Å². The lowest BCUT2D eigenvalue weighted by molar-refractivity contribution is -0.137. The lowest BCUT2D eigenvalue weighted by atomic mass is 9.87. The highest BCUT2D eigenvalue weighted by atomic mass is 19.4. The molecule has 2 unspecified atom stereocenters. The molecule has 1 aliphatic heterocycles. The van der Waals surface area contributed by atoms with Gasteiger partial charge in [-0.1, -0.05) is 36.4 Å². The Morgan fingerprint density at radius 3 is 2.48 bits per heavy atom. The number of piperidine rings is 1. The first-order valence-corrected chi connectivity index (χ1v) is 11.4. The molecule has 33 heavy (non-hydrogen) atoms. The maximum absolute atomic E-state index is 12.8. The van der Waals surface area contributed by atoms with Crippen LogP contribution in [0.15, 0.2) is 42.5 Å². The fourth-order valence-electron chi connectivity index (χ4n) is 4.77.